The highest BCUT2D eigenvalue weighted by molar-refractivity contribution is 6.34. The van der Waals surface area contributed by atoms with Crippen molar-refractivity contribution in [2.45, 2.75) is 78.7 Å². The minimum absolute atomic E-state index is 0. The summed E-state index contributed by atoms with van der Waals surface area (Å²) in [7, 11) is 0. The van der Waals surface area contributed by atoms with Crippen molar-refractivity contribution in [2.75, 3.05) is 24.5 Å². The number of carbonyl (C=O) groups excluding carboxylic acids is 1. The van der Waals surface area contributed by atoms with Crippen molar-refractivity contribution >= 4 is 23.2 Å². The van der Waals surface area contributed by atoms with Crippen LogP contribution in [-0.2, 0) is 0 Å². The molecule has 0 bridgehead atoms. The number of hydrogen-bond donors (Lipinski definition) is 2. The van der Waals surface area contributed by atoms with E-state index in [4.69, 9.17) is 17.3 Å². The SMILES string of the molecule is C.C.NC1CCN(c2ccc(Cl)c(C(=O)NCC3CCCCCCC3)c2)CC1. The third-order valence-corrected chi connectivity index (χ3v) is 6.20. The Morgan fingerprint density at radius 2 is 1.64 bits per heavy atom. The summed E-state index contributed by atoms with van der Waals surface area (Å²) < 4.78 is 0. The lowest BCUT2D eigenvalue weighted by Crippen LogP contribution is -2.39. The Morgan fingerprint density at radius 3 is 2.29 bits per heavy atom. The lowest BCUT2D eigenvalue weighted by atomic mass is 9.91. The average Bonchev–Trinajstić information content (AvgIpc) is 2.62. The zero-order valence-electron chi connectivity index (χ0n) is 15.7. The number of rotatable bonds is 4. The van der Waals surface area contributed by atoms with Crippen LogP contribution in [0.3, 0.4) is 0 Å². The van der Waals surface area contributed by atoms with Gasteiger partial charge in [-0.05, 0) is 49.8 Å². The molecular formula is C23H40ClN3O. The van der Waals surface area contributed by atoms with E-state index in [0.717, 1.165) is 38.2 Å². The molecule has 1 saturated carbocycles. The van der Waals surface area contributed by atoms with Gasteiger partial charge >= 0.3 is 0 Å². The number of carbonyl (C=O) groups is 1. The lowest BCUT2D eigenvalue weighted by molar-refractivity contribution is 0.0945. The molecule has 1 amide bonds. The minimum atomic E-state index is -0.0485. The summed E-state index contributed by atoms with van der Waals surface area (Å²) in [6, 6.07) is 6.08. The summed E-state index contributed by atoms with van der Waals surface area (Å²) in [5.74, 6) is 0.553. The fourth-order valence-electron chi connectivity index (χ4n) is 4.12. The highest BCUT2D eigenvalue weighted by atomic mass is 35.5. The molecule has 4 nitrogen and oxygen atoms in total. The van der Waals surface area contributed by atoms with Crippen molar-refractivity contribution < 1.29 is 4.79 Å². The largest absolute Gasteiger partial charge is 0.371 e. The molecule has 1 heterocycles. The van der Waals surface area contributed by atoms with Crippen molar-refractivity contribution in [1.82, 2.24) is 5.32 Å². The number of halogens is 1. The number of amides is 1. The molecule has 1 aromatic carbocycles. The predicted octanol–water partition coefficient (Wildman–Crippen LogP) is 5.63. The van der Waals surface area contributed by atoms with Gasteiger partial charge in [0, 0.05) is 31.4 Å². The summed E-state index contributed by atoms with van der Waals surface area (Å²) in [5, 5.41) is 3.66. The second-order valence-electron chi connectivity index (χ2n) is 7.91. The predicted molar refractivity (Wildman–Crippen MR) is 122 cm³/mol. The van der Waals surface area contributed by atoms with Gasteiger partial charge in [-0.25, -0.2) is 0 Å². The number of nitrogens with two attached hydrogens (primary N) is 1. The third-order valence-electron chi connectivity index (χ3n) is 5.88. The van der Waals surface area contributed by atoms with E-state index in [1.54, 1.807) is 0 Å². The standard InChI is InChI=1S/C21H32ClN3O.2CH4/c22-20-9-8-18(25-12-10-17(23)11-13-25)14-19(20)21(26)24-15-16-6-4-2-1-3-5-7-16;;/h8-9,14,16-17H,1-7,10-13,15,23H2,(H,24,26);2*1H4. The number of nitrogens with zero attached hydrogens (tertiary/aromatic N) is 1. The molecule has 0 aromatic heterocycles. The molecule has 2 aliphatic rings. The monoisotopic (exact) mass is 409 g/mol. The van der Waals surface area contributed by atoms with Gasteiger partial charge in [0.05, 0.1) is 10.6 Å². The summed E-state index contributed by atoms with van der Waals surface area (Å²) in [6.07, 6.45) is 11.0. The first-order chi connectivity index (χ1) is 12.6. The second kappa shape index (κ2) is 12.3. The van der Waals surface area contributed by atoms with Crippen molar-refractivity contribution in [1.29, 1.82) is 0 Å². The molecule has 0 unspecified atom stereocenters. The maximum atomic E-state index is 12.7. The van der Waals surface area contributed by atoms with Crippen molar-refractivity contribution in [2.24, 2.45) is 11.7 Å². The Morgan fingerprint density at radius 1 is 1.04 bits per heavy atom. The fourth-order valence-corrected chi connectivity index (χ4v) is 4.32. The molecule has 1 aliphatic heterocycles. The number of benzene rings is 1. The van der Waals surface area contributed by atoms with Gasteiger partial charge in [0.15, 0.2) is 0 Å². The molecule has 0 radical (unpaired) electrons. The zero-order chi connectivity index (χ0) is 18.4. The summed E-state index contributed by atoms with van der Waals surface area (Å²) in [4.78, 5) is 15.0. The van der Waals surface area contributed by atoms with Crippen LogP contribution in [0.4, 0.5) is 5.69 Å². The Balaban J connectivity index is 0.00000196. The van der Waals surface area contributed by atoms with Gasteiger partial charge in [-0.3, -0.25) is 4.79 Å². The van der Waals surface area contributed by atoms with E-state index in [1.807, 2.05) is 18.2 Å². The Hall–Kier alpha value is -1.26. The maximum Gasteiger partial charge on any atom is 0.252 e. The van der Waals surface area contributed by atoms with Gasteiger partial charge in [-0.1, -0.05) is 58.6 Å². The van der Waals surface area contributed by atoms with Gasteiger partial charge < -0.3 is 16.0 Å². The fraction of sp³-hybridized carbons (Fsp3) is 0.696. The first-order valence-corrected chi connectivity index (χ1v) is 10.6. The first kappa shape index (κ1) is 24.8. The van der Waals surface area contributed by atoms with E-state index in [-0.39, 0.29) is 20.8 Å². The van der Waals surface area contributed by atoms with Crippen LogP contribution in [-0.4, -0.2) is 31.6 Å². The number of piperidine rings is 1. The van der Waals surface area contributed by atoms with Crippen LogP contribution in [0.1, 0.15) is 83.0 Å². The van der Waals surface area contributed by atoms with Gasteiger partial charge in [0.25, 0.3) is 5.91 Å². The molecule has 160 valence electrons. The Labute approximate surface area is 177 Å². The highest BCUT2D eigenvalue weighted by Gasteiger charge is 2.19. The third kappa shape index (κ3) is 6.97. The lowest BCUT2D eigenvalue weighted by Gasteiger charge is -2.32. The van der Waals surface area contributed by atoms with Crippen LogP contribution in [0.15, 0.2) is 18.2 Å². The van der Waals surface area contributed by atoms with E-state index < -0.39 is 0 Å². The van der Waals surface area contributed by atoms with Crippen LogP contribution in [0.2, 0.25) is 5.02 Å². The van der Waals surface area contributed by atoms with Gasteiger partial charge in [0.2, 0.25) is 0 Å². The van der Waals surface area contributed by atoms with Crippen molar-refractivity contribution in [3.8, 4) is 0 Å². The summed E-state index contributed by atoms with van der Waals surface area (Å²) >= 11 is 6.32. The summed E-state index contributed by atoms with van der Waals surface area (Å²) in [6.45, 7) is 2.63. The van der Waals surface area contributed by atoms with Crippen LogP contribution >= 0.6 is 11.6 Å². The zero-order valence-corrected chi connectivity index (χ0v) is 16.4. The maximum absolute atomic E-state index is 12.7. The van der Waals surface area contributed by atoms with E-state index in [1.165, 1.54) is 44.9 Å². The molecule has 3 rings (SSSR count). The molecule has 1 aromatic rings. The average molecular weight is 410 g/mol. The van der Waals surface area contributed by atoms with E-state index in [2.05, 4.69) is 10.2 Å². The molecule has 0 spiro atoms. The minimum Gasteiger partial charge on any atom is -0.371 e. The summed E-state index contributed by atoms with van der Waals surface area (Å²) in [5.41, 5.74) is 7.65. The van der Waals surface area contributed by atoms with Crippen LogP contribution in [0, 0.1) is 5.92 Å². The van der Waals surface area contributed by atoms with E-state index >= 15 is 0 Å². The van der Waals surface area contributed by atoms with Crippen LogP contribution in [0.5, 0.6) is 0 Å². The topological polar surface area (TPSA) is 58.4 Å². The Kier molecular flexibility index (Phi) is 10.9. The quantitative estimate of drug-likeness (QED) is 0.677. The molecule has 1 aliphatic carbocycles. The molecular weight excluding hydrogens is 370 g/mol. The number of hydrogen-bond acceptors (Lipinski definition) is 3. The van der Waals surface area contributed by atoms with Gasteiger partial charge in [-0.15, -0.1) is 0 Å². The number of anilines is 1. The van der Waals surface area contributed by atoms with Gasteiger partial charge in [-0.2, -0.15) is 0 Å². The highest BCUT2D eigenvalue weighted by Crippen LogP contribution is 2.26. The van der Waals surface area contributed by atoms with Crippen molar-refractivity contribution in [3.63, 3.8) is 0 Å². The molecule has 2 fully saturated rings. The second-order valence-corrected chi connectivity index (χ2v) is 8.32. The molecule has 1 saturated heterocycles. The van der Waals surface area contributed by atoms with Gasteiger partial charge in [0.1, 0.15) is 0 Å². The van der Waals surface area contributed by atoms with Crippen molar-refractivity contribution in [3.05, 3.63) is 28.8 Å². The van der Waals surface area contributed by atoms with Crippen LogP contribution < -0.4 is 16.0 Å². The molecule has 28 heavy (non-hydrogen) atoms. The molecule has 0 atom stereocenters. The smallest absolute Gasteiger partial charge is 0.252 e. The molecule has 5 heteroatoms. The Bertz CT molecular complexity index is 592. The number of nitrogens with one attached hydrogen (secondary N) is 1. The normalized spacial score (nSPS) is 19.0. The first-order valence-electron chi connectivity index (χ1n) is 10.2. The van der Waals surface area contributed by atoms with Crippen LogP contribution in [0.25, 0.3) is 0 Å². The van der Waals surface area contributed by atoms with E-state index in [0.29, 0.717) is 22.5 Å². The van der Waals surface area contributed by atoms with E-state index in [9.17, 15) is 4.79 Å². The molecule has 3 N–H and O–H groups in total.